The van der Waals surface area contributed by atoms with Crippen LogP contribution >= 0.6 is 0 Å². The van der Waals surface area contributed by atoms with E-state index >= 15 is 0 Å². The summed E-state index contributed by atoms with van der Waals surface area (Å²) in [6, 6.07) is 2.85. The van der Waals surface area contributed by atoms with Crippen LogP contribution in [0.25, 0.3) is 0 Å². The Morgan fingerprint density at radius 3 is 2.45 bits per heavy atom. The van der Waals surface area contributed by atoms with E-state index in [0.717, 1.165) is 0 Å². The van der Waals surface area contributed by atoms with Crippen molar-refractivity contribution in [3.8, 4) is 0 Å². The van der Waals surface area contributed by atoms with Crippen molar-refractivity contribution >= 4 is 11.9 Å². The zero-order valence-corrected chi connectivity index (χ0v) is 12.1. The van der Waals surface area contributed by atoms with Crippen molar-refractivity contribution in [2.75, 3.05) is 13.1 Å². The number of likely N-dealkylation sites (N-methyl/N-ethyl adjacent to an activating group) is 1. The molecule has 110 valence electrons. The zero-order chi connectivity index (χ0) is 15.1. The lowest BCUT2D eigenvalue weighted by Gasteiger charge is -2.23. The van der Waals surface area contributed by atoms with Crippen LogP contribution in [0.5, 0.6) is 0 Å². The molecular formula is C14H21N3O3. The number of nitrogens with zero attached hydrogens (tertiary/aromatic N) is 2. The van der Waals surface area contributed by atoms with Gasteiger partial charge in [-0.1, -0.05) is 0 Å². The van der Waals surface area contributed by atoms with Crippen LogP contribution < -0.4 is 5.32 Å². The fourth-order valence-corrected chi connectivity index (χ4v) is 1.81. The highest BCUT2D eigenvalue weighted by Crippen LogP contribution is 2.01. The van der Waals surface area contributed by atoms with Crippen LogP contribution in [0.3, 0.4) is 0 Å². The number of carboxylic acids is 1. The molecule has 1 rings (SSSR count). The van der Waals surface area contributed by atoms with Crippen molar-refractivity contribution < 1.29 is 14.7 Å². The number of carbonyl (C=O) groups is 2. The first-order valence-electron chi connectivity index (χ1n) is 6.70. The van der Waals surface area contributed by atoms with Crippen molar-refractivity contribution in [1.82, 2.24) is 15.2 Å². The Labute approximate surface area is 118 Å². The van der Waals surface area contributed by atoms with Gasteiger partial charge in [-0.05, 0) is 32.9 Å². The molecule has 1 unspecified atom stereocenters. The number of aromatic carboxylic acids is 1. The molecular weight excluding hydrogens is 258 g/mol. The van der Waals surface area contributed by atoms with Gasteiger partial charge in [0.2, 0.25) is 5.91 Å². The van der Waals surface area contributed by atoms with Crippen LogP contribution in [0.15, 0.2) is 18.3 Å². The number of aromatic nitrogens is 1. The summed E-state index contributed by atoms with van der Waals surface area (Å²) in [6.07, 6.45) is 1.32. The smallest absolute Gasteiger partial charge is 0.337 e. The van der Waals surface area contributed by atoms with Gasteiger partial charge in [0.05, 0.1) is 17.3 Å². The number of hydrogen-bond donors (Lipinski definition) is 2. The van der Waals surface area contributed by atoms with E-state index in [0.29, 0.717) is 25.3 Å². The molecule has 0 saturated heterocycles. The molecule has 1 heterocycles. The third-order valence-corrected chi connectivity index (χ3v) is 3.11. The van der Waals surface area contributed by atoms with Crippen molar-refractivity contribution in [2.24, 2.45) is 0 Å². The first-order chi connectivity index (χ1) is 9.49. The molecule has 6 heteroatoms. The molecule has 0 aliphatic heterocycles. The van der Waals surface area contributed by atoms with Crippen LogP contribution in [-0.2, 0) is 11.3 Å². The molecule has 0 aliphatic rings. The number of amides is 1. The zero-order valence-electron chi connectivity index (χ0n) is 12.1. The number of hydrogen-bond acceptors (Lipinski definition) is 4. The van der Waals surface area contributed by atoms with E-state index in [-0.39, 0.29) is 17.5 Å². The highest BCUT2D eigenvalue weighted by Gasteiger charge is 2.17. The molecule has 1 aromatic rings. The van der Waals surface area contributed by atoms with E-state index in [2.05, 4.69) is 10.3 Å². The van der Waals surface area contributed by atoms with Gasteiger partial charge in [-0.15, -0.1) is 0 Å². The lowest BCUT2D eigenvalue weighted by Crippen LogP contribution is -2.44. The number of rotatable bonds is 7. The van der Waals surface area contributed by atoms with Gasteiger partial charge >= 0.3 is 5.97 Å². The predicted molar refractivity (Wildman–Crippen MR) is 75.4 cm³/mol. The SMILES string of the molecule is CCN(CC)C(=O)C(C)NCc1ccc(C(=O)O)cn1. The normalized spacial score (nSPS) is 11.9. The molecule has 0 radical (unpaired) electrons. The van der Waals surface area contributed by atoms with E-state index in [1.165, 1.54) is 12.3 Å². The van der Waals surface area contributed by atoms with Gasteiger partial charge in [0.25, 0.3) is 0 Å². The fourth-order valence-electron chi connectivity index (χ4n) is 1.81. The average Bonchev–Trinajstić information content (AvgIpc) is 2.46. The van der Waals surface area contributed by atoms with E-state index < -0.39 is 5.97 Å². The van der Waals surface area contributed by atoms with Gasteiger partial charge in [0, 0.05) is 25.8 Å². The summed E-state index contributed by atoms with van der Waals surface area (Å²) in [5, 5.41) is 11.9. The van der Waals surface area contributed by atoms with Crippen molar-refractivity contribution in [2.45, 2.75) is 33.4 Å². The topological polar surface area (TPSA) is 82.5 Å². The van der Waals surface area contributed by atoms with Crippen molar-refractivity contribution in [3.05, 3.63) is 29.6 Å². The molecule has 0 saturated carbocycles. The van der Waals surface area contributed by atoms with Gasteiger partial charge in [-0.2, -0.15) is 0 Å². The summed E-state index contributed by atoms with van der Waals surface area (Å²) in [7, 11) is 0. The number of nitrogens with one attached hydrogen (secondary N) is 1. The Hall–Kier alpha value is -1.95. The molecule has 0 spiro atoms. The molecule has 0 fully saturated rings. The number of carbonyl (C=O) groups excluding carboxylic acids is 1. The van der Waals surface area contributed by atoms with Crippen LogP contribution in [0.4, 0.5) is 0 Å². The van der Waals surface area contributed by atoms with E-state index in [1.54, 1.807) is 11.0 Å². The fraction of sp³-hybridized carbons (Fsp3) is 0.500. The Balaban J connectivity index is 2.54. The second kappa shape index (κ2) is 7.59. The summed E-state index contributed by atoms with van der Waals surface area (Å²) < 4.78 is 0. The molecule has 1 atom stereocenters. The Morgan fingerprint density at radius 2 is 2.00 bits per heavy atom. The van der Waals surface area contributed by atoms with Crippen LogP contribution in [0, 0.1) is 0 Å². The van der Waals surface area contributed by atoms with Gasteiger partial charge < -0.3 is 15.3 Å². The molecule has 0 aliphatic carbocycles. The van der Waals surface area contributed by atoms with Crippen LogP contribution in [-0.4, -0.2) is 46.0 Å². The van der Waals surface area contributed by atoms with E-state index in [4.69, 9.17) is 5.11 Å². The third-order valence-electron chi connectivity index (χ3n) is 3.11. The molecule has 20 heavy (non-hydrogen) atoms. The third kappa shape index (κ3) is 4.31. The summed E-state index contributed by atoms with van der Waals surface area (Å²) >= 11 is 0. The van der Waals surface area contributed by atoms with Gasteiger partial charge in [0.15, 0.2) is 0 Å². The minimum absolute atomic E-state index is 0.0529. The molecule has 6 nitrogen and oxygen atoms in total. The Bertz CT molecular complexity index is 455. The molecule has 1 aromatic heterocycles. The van der Waals surface area contributed by atoms with Crippen molar-refractivity contribution in [3.63, 3.8) is 0 Å². The molecule has 1 amide bonds. The first kappa shape index (κ1) is 16.1. The lowest BCUT2D eigenvalue weighted by molar-refractivity contribution is -0.132. The maximum absolute atomic E-state index is 12.0. The quantitative estimate of drug-likeness (QED) is 0.781. The Morgan fingerprint density at radius 1 is 1.35 bits per heavy atom. The van der Waals surface area contributed by atoms with E-state index in [1.807, 2.05) is 20.8 Å². The predicted octanol–water partition coefficient (Wildman–Crippen LogP) is 1.13. The molecule has 0 bridgehead atoms. The van der Waals surface area contributed by atoms with Gasteiger partial charge in [-0.3, -0.25) is 9.78 Å². The maximum Gasteiger partial charge on any atom is 0.337 e. The summed E-state index contributed by atoms with van der Waals surface area (Å²) in [5.41, 5.74) is 0.857. The minimum Gasteiger partial charge on any atom is -0.478 e. The lowest BCUT2D eigenvalue weighted by atomic mass is 10.2. The monoisotopic (exact) mass is 279 g/mol. The highest BCUT2D eigenvalue weighted by atomic mass is 16.4. The summed E-state index contributed by atoms with van der Waals surface area (Å²) in [5.74, 6) is -0.945. The maximum atomic E-state index is 12.0. The summed E-state index contributed by atoms with van der Waals surface area (Å²) in [4.78, 5) is 28.5. The second-order valence-corrected chi connectivity index (χ2v) is 4.46. The standard InChI is InChI=1S/C14H21N3O3/c1-4-17(5-2)13(18)10(3)15-9-12-7-6-11(8-16-12)14(19)20/h6-8,10,15H,4-5,9H2,1-3H3,(H,19,20). The van der Waals surface area contributed by atoms with Gasteiger partial charge in [-0.25, -0.2) is 4.79 Å². The Kier molecular flexibility index (Phi) is 6.11. The number of carboxylic acid groups (broad SMARTS) is 1. The summed E-state index contributed by atoms with van der Waals surface area (Å²) in [6.45, 7) is 7.50. The number of pyridine rings is 1. The molecule has 2 N–H and O–H groups in total. The van der Waals surface area contributed by atoms with Crippen LogP contribution in [0.2, 0.25) is 0 Å². The van der Waals surface area contributed by atoms with Crippen molar-refractivity contribution in [1.29, 1.82) is 0 Å². The molecule has 0 aromatic carbocycles. The first-order valence-corrected chi connectivity index (χ1v) is 6.70. The minimum atomic E-state index is -0.998. The highest BCUT2D eigenvalue weighted by molar-refractivity contribution is 5.87. The van der Waals surface area contributed by atoms with Gasteiger partial charge in [0.1, 0.15) is 0 Å². The average molecular weight is 279 g/mol. The van der Waals surface area contributed by atoms with Crippen LogP contribution in [0.1, 0.15) is 36.8 Å². The van der Waals surface area contributed by atoms with E-state index in [9.17, 15) is 9.59 Å². The largest absolute Gasteiger partial charge is 0.478 e. The second-order valence-electron chi connectivity index (χ2n) is 4.46.